The van der Waals surface area contributed by atoms with Crippen LogP contribution >= 0.6 is 35.1 Å². The summed E-state index contributed by atoms with van der Waals surface area (Å²) in [5, 5.41) is 12.7. The number of aryl methyl sites for hydroxylation is 1. The highest BCUT2D eigenvalue weighted by Gasteiger charge is 2.23. The van der Waals surface area contributed by atoms with Gasteiger partial charge in [-0.3, -0.25) is 4.79 Å². The van der Waals surface area contributed by atoms with E-state index in [2.05, 4.69) is 58.2 Å². The number of aromatic nitrogens is 3. The molecule has 1 amide bonds. The summed E-state index contributed by atoms with van der Waals surface area (Å²) in [6.45, 7) is 6.89. The Balaban J connectivity index is 1.67. The number of nitrogens with one attached hydrogen (secondary N) is 1. The first kappa shape index (κ1) is 22.7. The number of carbonyl (C=O) groups is 1. The Hall–Kier alpha value is -1.96. The van der Waals surface area contributed by atoms with E-state index in [1.54, 1.807) is 23.9 Å². The summed E-state index contributed by atoms with van der Waals surface area (Å²) in [6.07, 6.45) is 0.672. The fourth-order valence-corrected chi connectivity index (χ4v) is 4.90. The molecule has 0 radical (unpaired) electrons. The molecule has 2 aromatic carbocycles. The number of rotatable bonds is 9. The van der Waals surface area contributed by atoms with E-state index >= 15 is 0 Å². The second kappa shape index (κ2) is 10.9. The van der Waals surface area contributed by atoms with Crippen molar-refractivity contribution in [1.82, 2.24) is 14.8 Å². The lowest BCUT2D eigenvalue weighted by atomic mass is 10.2. The molecular weight excluding hydrogens is 436 g/mol. The fraction of sp³-hybridized carbons (Fsp3) is 0.318. The average molecular weight is 461 g/mol. The van der Waals surface area contributed by atoms with Crippen LogP contribution in [-0.2, 0) is 17.1 Å². The monoisotopic (exact) mass is 460 g/mol. The summed E-state index contributed by atoms with van der Waals surface area (Å²) in [6, 6.07) is 15.7. The van der Waals surface area contributed by atoms with Crippen LogP contribution < -0.4 is 5.32 Å². The Morgan fingerprint density at radius 3 is 2.53 bits per heavy atom. The van der Waals surface area contributed by atoms with Crippen molar-refractivity contribution in [3.05, 3.63) is 64.9 Å². The molecule has 0 fully saturated rings. The second-order valence-corrected chi connectivity index (χ2v) is 9.35. The number of hydrogen-bond acceptors (Lipinski definition) is 5. The molecule has 3 aromatic rings. The van der Waals surface area contributed by atoms with Gasteiger partial charge in [-0.2, -0.15) is 0 Å². The number of hydrogen-bond donors (Lipinski definition) is 1. The van der Waals surface area contributed by atoms with Crippen LogP contribution in [0.2, 0.25) is 5.02 Å². The molecule has 30 heavy (non-hydrogen) atoms. The van der Waals surface area contributed by atoms with E-state index in [0.717, 1.165) is 23.3 Å². The van der Waals surface area contributed by atoms with E-state index in [0.29, 0.717) is 17.1 Å². The van der Waals surface area contributed by atoms with E-state index in [-0.39, 0.29) is 11.2 Å². The molecule has 0 saturated carbocycles. The van der Waals surface area contributed by atoms with Crippen molar-refractivity contribution < 1.29 is 4.79 Å². The number of nitrogens with zero attached hydrogens (tertiary/aromatic N) is 3. The van der Waals surface area contributed by atoms with Gasteiger partial charge in [0.25, 0.3) is 0 Å². The minimum Gasteiger partial charge on any atom is -0.324 e. The largest absolute Gasteiger partial charge is 0.324 e. The van der Waals surface area contributed by atoms with Gasteiger partial charge in [-0.1, -0.05) is 60.1 Å². The normalized spacial score (nSPS) is 12.0. The maximum absolute atomic E-state index is 12.8. The Morgan fingerprint density at radius 1 is 1.13 bits per heavy atom. The third-order valence-corrected chi connectivity index (χ3v) is 7.22. The molecule has 0 spiro atoms. The highest BCUT2D eigenvalue weighted by atomic mass is 35.5. The first-order valence-corrected chi connectivity index (χ1v) is 12.1. The van der Waals surface area contributed by atoms with Crippen LogP contribution in [0.4, 0.5) is 5.69 Å². The third kappa shape index (κ3) is 5.80. The van der Waals surface area contributed by atoms with Crippen LogP contribution in [0, 0.1) is 6.92 Å². The Labute approximate surface area is 191 Å². The standard InChI is InChI=1S/C22H25ClN4OS2/c1-4-19(21(28)24-18-9-7-6-8-17(18)23)30-22-26-25-20(27(22)5-2)14-29-16-12-10-15(3)11-13-16/h6-13,19H,4-5,14H2,1-3H3,(H,24,28). The Bertz CT molecular complexity index is 991. The molecule has 158 valence electrons. The SMILES string of the molecule is CCC(Sc1nnc(CSc2ccc(C)cc2)n1CC)C(=O)Nc1ccccc1Cl. The zero-order valence-electron chi connectivity index (χ0n) is 17.3. The van der Waals surface area contributed by atoms with E-state index in [1.807, 2.05) is 19.1 Å². The minimum absolute atomic E-state index is 0.0863. The van der Waals surface area contributed by atoms with Gasteiger partial charge < -0.3 is 9.88 Å². The quantitative estimate of drug-likeness (QED) is 0.393. The van der Waals surface area contributed by atoms with Gasteiger partial charge in [0.15, 0.2) is 5.16 Å². The smallest absolute Gasteiger partial charge is 0.238 e. The average Bonchev–Trinajstić information content (AvgIpc) is 3.14. The molecule has 0 aliphatic rings. The molecule has 0 bridgehead atoms. The number of benzene rings is 2. The second-order valence-electron chi connectivity index (χ2n) is 6.73. The molecule has 0 aliphatic heterocycles. The van der Waals surface area contributed by atoms with Crippen LogP contribution in [0.25, 0.3) is 0 Å². The van der Waals surface area contributed by atoms with Crippen molar-refractivity contribution in [3.63, 3.8) is 0 Å². The summed E-state index contributed by atoms with van der Waals surface area (Å²) in [5.41, 5.74) is 1.87. The number of carbonyl (C=O) groups excluding carboxylic acids is 1. The Kier molecular flexibility index (Phi) is 8.24. The van der Waals surface area contributed by atoms with E-state index in [9.17, 15) is 4.79 Å². The van der Waals surface area contributed by atoms with Gasteiger partial charge in [0, 0.05) is 11.4 Å². The lowest BCUT2D eigenvalue weighted by Crippen LogP contribution is -2.25. The van der Waals surface area contributed by atoms with E-state index in [1.165, 1.54) is 22.2 Å². The number of thioether (sulfide) groups is 2. The number of halogens is 1. The fourth-order valence-electron chi connectivity index (χ4n) is 2.84. The Morgan fingerprint density at radius 2 is 1.87 bits per heavy atom. The van der Waals surface area contributed by atoms with Crippen LogP contribution in [0.5, 0.6) is 0 Å². The molecular formula is C22H25ClN4OS2. The summed E-state index contributed by atoms with van der Waals surface area (Å²) in [5.74, 6) is 1.55. The van der Waals surface area contributed by atoms with Crippen LogP contribution in [-0.4, -0.2) is 25.9 Å². The highest BCUT2D eigenvalue weighted by Crippen LogP contribution is 2.29. The van der Waals surface area contributed by atoms with Crippen LogP contribution in [0.15, 0.2) is 58.6 Å². The number of para-hydroxylation sites is 1. The van der Waals surface area contributed by atoms with Gasteiger partial charge in [0.05, 0.1) is 21.7 Å². The summed E-state index contributed by atoms with van der Waals surface area (Å²) < 4.78 is 2.08. The molecule has 0 saturated heterocycles. The molecule has 5 nitrogen and oxygen atoms in total. The van der Waals surface area contributed by atoms with Crippen molar-refractivity contribution >= 4 is 46.7 Å². The third-order valence-electron chi connectivity index (χ3n) is 4.54. The van der Waals surface area contributed by atoms with Gasteiger partial charge in [-0.25, -0.2) is 0 Å². The summed E-state index contributed by atoms with van der Waals surface area (Å²) >= 11 is 9.35. The highest BCUT2D eigenvalue weighted by molar-refractivity contribution is 8.00. The van der Waals surface area contributed by atoms with E-state index < -0.39 is 0 Å². The maximum atomic E-state index is 12.8. The van der Waals surface area contributed by atoms with Crippen molar-refractivity contribution in [2.24, 2.45) is 0 Å². The predicted molar refractivity (Wildman–Crippen MR) is 126 cm³/mol. The topological polar surface area (TPSA) is 59.8 Å². The lowest BCUT2D eigenvalue weighted by molar-refractivity contribution is -0.115. The molecule has 1 unspecified atom stereocenters. The van der Waals surface area contributed by atoms with Gasteiger partial charge in [0.1, 0.15) is 5.82 Å². The first-order chi connectivity index (χ1) is 14.5. The predicted octanol–water partition coefficient (Wildman–Crippen LogP) is 6.06. The zero-order chi connectivity index (χ0) is 21.5. The number of amides is 1. The van der Waals surface area contributed by atoms with E-state index in [4.69, 9.17) is 11.6 Å². The first-order valence-electron chi connectivity index (χ1n) is 9.85. The van der Waals surface area contributed by atoms with Crippen molar-refractivity contribution in [3.8, 4) is 0 Å². The molecule has 8 heteroatoms. The van der Waals surface area contributed by atoms with Crippen molar-refractivity contribution in [1.29, 1.82) is 0 Å². The molecule has 1 atom stereocenters. The summed E-state index contributed by atoms with van der Waals surface area (Å²) in [4.78, 5) is 14.0. The maximum Gasteiger partial charge on any atom is 0.238 e. The van der Waals surface area contributed by atoms with Gasteiger partial charge in [-0.15, -0.1) is 22.0 Å². The van der Waals surface area contributed by atoms with Crippen LogP contribution in [0.1, 0.15) is 31.7 Å². The molecule has 1 heterocycles. The molecule has 1 aromatic heterocycles. The van der Waals surface area contributed by atoms with Gasteiger partial charge in [0.2, 0.25) is 5.91 Å². The molecule has 3 rings (SSSR count). The number of anilines is 1. The summed E-state index contributed by atoms with van der Waals surface area (Å²) in [7, 11) is 0. The van der Waals surface area contributed by atoms with Crippen molar-refractivity contribution in [2.45, 2.75) is 54.8 Å². The zero-order valence-corrected chi connectivity index (χ0v) is 19.7. The molecule has 1 N–H and O–H groups in total. The molecule has 0 aliphatic carbocycles. The minimum atomic E-state index is -0.284. The van der Waals surface area contributed by atoms with Gasteiger partial charge in [-0.05, 0) is 44.5 Å². The van der Waals surface area contributed by atoms with Gasteiger partial charge >= 0.3 is 0 Å². The van der Waals surface area contributed by atoms with Crippen molar-refractivity contribution in [2.75, 3.05) is 5.32 Å². The van der Waals surface area contributed by atoms with Crippen LogP contribution in [0.3, 0.4) is 0 Å². The lowest BCUT2D eigenvalue weighted by Gasteiger charge is -2.15.